The fraction of sp³-hybridized carbons (Fsp3) is 0.806. The van der Waals surface area contributed by atoms with Crippen LogP contribution in [0.1, 0.15) is 131 Å². The summed E-state index contributed by atoms with van der Waals surface area (Å²) in [4.78, 5) is 0. The van der Waals surface area contributed by atoms with Crippen molar-refractivity contribution in [1.29, 1.82) is 0 Å². The van der Waals surface area contributed by atoms with E-state index >= 15 is 0 Å². The Morgan fingerprint density at radius 3 is 1.52 bits per heavy atom. The molecule has 3 heterocycles. The molecule has 0 atom stereocenters. The van der Waals surface area contributed by atoms with E-state index in [1.54, 1.807) is 0 Å². The van der Waals surface area contributed by atoms with Crippen molar-refractivity contribution in [2.75, 3.05) is 0 Å². The van der Waals surface area contributed by atoms with E-state index < -0.39 is 0 Å². The maximum Gasteiger partial charge on any atom is 0.0852 e. The van der Waals surface area contributed by atoms with Crippen LogP contribution in [0.3, 0.4) is 0 Å². The van der Waals surface area contributed by atoms with Crippen LogP contribution in [0.25, 0.3) is 0 Å². The molecule has 9 nitrogen and oxygen atoms in total. The molecule has 0 aliphatic rings. The summed E-state index contributed by atoms with van der Waals surface area (Å²) in [5.41, 5.74) is 3.32. The quantitative estimate of drug-likeness (QED) is 0.217. The molecule has 40 heavy (non-hydrogen) atoms. The summed E-state index contributed by atoms with van der Waals surface area (Å²) < 4.78 is 5.80. The second-order valence-electron chi connectivity index (χ2n) is 13.2. The van der Waals surface area contributed by atoms with Crippen LogP contribution in [0.4, 0.5) is 0 Å². The minimum atomic E-state index is 0.417. The van der Waals surface area contributed by atoms with E-state index in [1.165, 1.54) is 19.3 Å². The first-order valence-electron chi connectivity index (χ1n) is 15.5. The summed E-state index contributed by atoms with van der Waals surface area (Å²) in [7, 11) is 0. The molecule has 0 saturated carbocycles. The summed E-state index contributed by atoms with van der Waals surface area (Å²) in [6.45, 7) is 28.2. The fourth-order valence-electron chi connectivity index (χ4n) is 3.55. The average molecular weight is 558 g/mol. The van der Waals surface area contributed by atoms with Gasteiger partial charge in [-0.15, -0.1) is 15.3 Å². The van der Waals surface area contributed by atoms with E-state index in [0.29, 0.717) is 17.9 Å². The number of aryl methyl sites for hydroxylation is 3. The standard InChI is InChI=1S/C11H21N3.2C10H19N3/c1-9(2)5-6-11-8-14(13-12-11)7-10(3)4;1-8(2)5-6-13-7-10(9(3)4)11-12-13;1-8(2)5-6-10-7-13(9(3)4)12-11-10/h8-10H,5-7H2,1-4H3;2*7-9H,5-6H2,1-4H3. The molecule has 0 spiro atoms. The minimum absolute atomic E-state index is 0.417. The van der Waals surface area contributed by atoms with Crippen molar-refractivity contribution >= 4 is 0 Å². The van der Waals surface area contributed by atoms with Gasteiger partial charge in [0.25, 0.3) is 0 Å². The normalized spacial score (nSPS) is 11.6. The van der Waals surface area contributed by atoms with Crippen LogP contribution in [-0.2, 0) is 25.9 Å². The lowest BCUT2D eigenvalue weighted by molar-refractivity contribution is 0.472. The molecule has 0 fully saturated rings. The minimum Gasteiger partial charge on any atom is -0.252 e. The summed E-state index contributed by atoms with van der Waals surface area (Å²) in [6, 6.07) is 0.417. The van der Waals surface area contributed by atoms with Gasteiger partial charge in [-0.3, -0.25) is 9.36 Å². The van der Waals surface area contributed by atoms with Gasteiger partial charge in [0.1, 0.15) is 0 Å². The highest BCUT2D eigenvalue weighted by molar-refractivity contribution is 4.98. The van der Waals surface area contributed by atoms with Crippen LogP contribution in [0, 0.1) is 23.7 Å². The maximum absolute atomic E-state index is 4.15. The second kappa shape index (κ2) is 18.7. The molecule has 0 unspecified atom stereocenters. The zero-order valence-corrected chi connectivity index (χ0v) is 27.7. The Kier molecular flexibility index (Phi) is 16.6. The molecular formula is C31H59N9. The third-order valence-electron chi connectivity index (χ3n) is 6.26. The van der Waals surface area contributed by atoms with Crippen molar-refractivity contribution < 1.29 is 0 Å². The van der Waals surface area contributed by atoms with Crippen LogP contribution >= 0.6 is 0 Å². The predicted molar refractivity (Wildman–Crippen MR) is 165 cm³/mol. The lowest BCUT2D eigenvalue weighted by Crippen LogP contribution is -2.04. The molecule has 3 aromatic heterocycles. The van der Waals surface area contributed by atoms with E-state index in [4.69, 9.17) is 0 Å². The molecule has 0 amide bonds. The SMILES string of the molecule is CC(C)CCc1cn(C(C)C)nn1.CC(C)CCc1cn(CC(C)C)nn1.CC(C)CCn1cc(C(C)C)nn1. The van der Waals surface area contributed by atoms with Gasteiger partial charge in [-0.05, 0) is 75.5 Å². The van der Waals surface area contributed by atoms with Crippen LogP contribution in [-0.4, -0.2) is 45.0 Å². The Balaban J connectivity index is 0.000000300. The topological polar surface area (TPSA) is 92.1 Å². The van der Waals surface area contributed by atoms with Crippen molar-refractivity contribution in [2.45, 2.75) is 140 Å². The highest BCUT2D eigenvalue weighted by Gasteiger charge is 2.06. The highest BCUT2D eigenvalue weighted by Crippen LogP contribution is 2.11. The largest absolute Gasteiger partial charge is 0.252 e. The molecule has 0 saturated heterocycles. The number of hydrogen-bond donors (Lipinski definition) is 0. The van der Waals surface area contributed by atoms with Crippen molar-refractivity contribution in [1.82, 2.24) is 45.0 Å². The first kappa shape index (κ1) is 35.4. The number of nitrogens with zero attached hydrogens (tertiary/aromatic N) is 9. The van der Waals surface area contributed by atoms with Gasteiger partial charge in [0.05, 0.1) is 17.1 Å². The van der Waals surface area contributed by atoms with Gasteiger partial charge in [0.15, 0.2) is 0 Å². The van der Waals surface area contributed by atoms with E-state index in [9.17, 15) is 0 Å². The highest BCUT2D eigenvalue weighted by atomic mass is 15.4. The van der Waals surface area contributed by atoms with Gasteiger partial charge in [-0.1, -0.05) is 84.9 Å². The van der Waals surface area contributed by atoms with Crippen LogP contribution < -0.4 is 0 Å². The summed E-state index contributed by atoms with van der Waals surface area (Å²) in [5.74, 6) is 3.32. The molecule has 3 rings (SSSR count). The lowest BCUT2D eigenvalue weighted by atomic mass is 10.1. The molecule has 228 valence electrons. The Morgan fingerprint density at radius 2 is 1.07 bits per heavy atom. The second-order valence-corrected chi connectivity index (χ2v) is 13.2. The molecule has 0 aromatic carbocycles. The van der Waals surface area contributed by atoms with E-state index in [-0.39, 0.29) is 0 Å². The smallest absolute Gasteiger partial charge is 0.0852 e. The fourth-order valence-corrected chi connectivity index (χ4v) is 3.55. The third-order valence-corrected chi connectivity index (χ3v) is 6.26. The van der Waals surface area contributed by atoms with Crippen LogP contribution in [0.15, 0.2) is 18.6 Å². The van der Waals surface area contributed by atoms with Gasteiger partial charge in [-0.25, -0.2) is 4.68 Å². The lowest BCUT2D eigenvalue weighted by Gasteiger charge is -2.02. The van der Waals surface area contributed by atoms with Crippen molar-refractivity contribution in [3.8, 4) is 0 Å². The Bertz CT molecular complexity index is 971. The third kappa shape index (κ3) is 15.9. The van der Waals surface area contributed by atoms with Gasteiger partial charge in [-0.2, -0.15) is 0 Å². The average Bonchev–Trinajstić information content (AvgIpc) is 3.61. The van der Waals surface area contributed by atoms with Gasteiger partial charge < -0.3 is 0 Å². The number of aromatic nitrogens is 9. The van der Waals surface area contributed by atoms with Crippen molar-refractivity contribution in [3.05, 3.63) is 35.7 Å². The predicted octanol–water partition coefficient (Wildman–Crippen LogP) is 7.42. The monoisotopic (exact) mass is 557 g/mol. The zero-order chi connectivity index (χ0) is 30.2. The molecule has 0 radical (unpaired) electrons. The summed E-state index contributed by atoms with van der Waals surface area (Å²) >= 11 is 0. The Labute approximate surface area is 244 Å². The maximum atomic E-state index is 4.15. The molecule has 9 heteroatoms. The van der Waals surface area contributed by atoms with Gasteiger partial charge >= 0.3 is 0 Å². The summed E-state index contributed by atoms with van der Waals surface area (Å²) in [6.07, 6.45) is 11.8. The molecule has 0 N–H and O–H groups in total. The zero-order valence-electron chi connectivity index (χ0n) is 27.7. The number of rotatable bonds is 13. The summed E-state index contributed by atoms with van der Waals surface area (Å²) in [5, 5.41) is 24.6. The van der Waals surface area contributed by atoms with Crippen LogP contribution in [0.2, 0.25) is 0 Å². The first-order chi connectivity index (χ1) is 18.8. The molecule has 3 aromatic rings. The molecule has 0 bridgehead atoms. The van der Waals surface area contributed by atoms with Crippen molar-refractivity contribution in [2.24, 2.45) is 23.7 Å². The van der Waals surface area contributed by atoms with Crippen molar-refractivity contribution in [3.63, 3.8) is 0 Å². The van der Waals surface area contributed by atoms with Crippen LogP contribution in [0.5, 0.6) is 0 Å². The molecule has 0 aliphatic carbocycles. The number of hydrogen-bond acceptors (Lipinski definition) is 6. The van der Waals surface area contributed by atoms with E-state index in [2.05, 4.69) is 120 Å². The Hall–Kier alpha value is -2.58. The van der Waals surface area contributed by atoms with E-state index in [1.807, 2.05) is 26.4 Å². The van der Waals surface area contributed by atoms with E-state index in [0.717, 1.165) is 60.8 Å². The van der Waals surface area contributed by atoms with Gasteiger partial charge in [0, 0.05) is 37.7 Å². The molecular weight excluding hydrogens is 498 g/mol. The first-order valence-corrected chi connectivity index (χ1v) is 15.5. The van der Waals surface area contributed by atoms with Gasteiger partial charge in [0.2, 0.25) is 0 Å². The molecule has 0 aliphatic heterocycles. The Morgan fingerprint density at radius 1 is 0.550 bits per heavy atom.